The Morgan fingerprint density at radius 3 is 2.57 bits per heavy atom. The minimum absolute atomic E-state index is 0.00415. The number of nitro groups is 1. The fourth-order valence-corrected chi connectivity index (χ4v) is 1.90. The molecule has 0 aromatic heterocycles. The van der Waals surface area contributed by atoms with Crippen LogP contribution in [0.1, 0.15) is 11.1 Å². The number of hydrogen-bond donors (Lipinski definition) is 0. The largest absolute Gasteiger partial charge is 0.294 e. The molecule has 2 rings (SSSR count). The van der Waals surface area contributed by atoms with E-state index < -0.39 is 10.7 Å². The summed E-state index contributed by atoms with van der Waals surface area (Å²) in [6.45, 7) is 0.315. The summed E-state index contributed by atoms with van der Waals surface area (Å²) in [5.74, 6) is -0.612. The van der Waals surface area contributed by atoms with Gasteiger partial charge in [0.2, 0.25) is 0 Å². The van der Waals surface area contributed by atoms with Gasteiger partial charge in [0, 0.05) is 13.1 Å². The monoisotopic (exact) mass is 290 g/mol. The van der Waals surface area contributed by atoms with E-state index in [2.05, 4.69) is 0 Å². The quantitative estimate of drug-likeness (QED) is 0.605. The highest BCUT2D eigenvalue weighted by Crippen LogP contribution is 2.22. The van der Waals surface area contributed by atoms with Gasteiger partial charge in [0.25, 0.3) is 5.69 Å². The molecular weight excluding hydrogens is 275 g/mol. The summed E-state index contributed by atoms with van der Waals surface area (Å²) >= 11 is 0. The smallest absolute Gasteiger partial charge is 0.276 e. The van der Waals surface area contributed by atoms with Crippen molar-refractivity contribution in [3.8, 4) is 0 Å². The molecule has 5 nitrogen and oxygen atoms in total. The lowest BCUT2D eigenvalue weighted by atomic mass is 10.1. The van der Waals surface area contributed by atoms with Crippen molar-refractivity contribution >= 4 is 5.69 Å². The van der Waals surface area contributed by atoms with Crippen LogP contribution in [0.15, 0.2) is 48.5 Å². The van der Waals surface area contributed by atoms with Crippen molar-refractivity contribution in [2.45, 2.75) is 13.2 Å². The third-order valence-corrected chi connectivity index (χ3v) is 2.97. The van der Waals surface area contributed by atoms with Crippen LogP contribution < -0.4 is 0 Å². The fourth-order valence-electron chi connectivity index (χ4n) is 1.90. The first-order valence-electron chi connectivity index (χ1n) is 6.37. The van der Waals surface area contributed by atoms with Crippen LogP contribution in [-0.2, 0) is 18.0 Å². The number of rotatable bonds is 6. The molecule has 0 aliphatic carbocycles. The zero-order valence-corrected chi connectivity index (χ0v) is 11.5. The third-order valence-electron chi connectivity index (χ3n) is 2.97. The summed E-state index contributed by atoms with van der Waals surface area (Å²) in [6, 6.07) is 13.3. The predicted molar refractivity (Wildman–Crippen MR) is 75.8 cm³/mol. The van der Waals surface area contributed by atoms with Crippen molar-refractivity contribution < 1.29 is 14.2 Å². The van der Waals surface area contributed by atoms with E-state index in [1.165, 1.54) is 23.3 Å². The molecule has 0 heterocycles. The molecule has 21 heavy (non-hydrogen) atoms. The number of hydrogen-bond acceptors (Lipinski definition) is 4. The Morgan fingerprint density at radius 2 is 1.90 bits per heavy atom. The molecule has 0 radical (unpaired) electrons. The zero-order valence-electron chi connectivity index (χ0n) is 11.5. The second-order valence-electron chi connectivity index (χ2n) is 4.54. The van der Waals surface area contributed by atoms with Crippen LogP contribution in [0.25, 0.3) is 0 Å². The van der Waals surface area contributed by atoms with Gasteiger partial charge in [-0.25, -0.2) is 4.39 Å². The van der Waals surface area contributed by atoms with Crippen LogP contribution in [0.4, 0.5) is 10.1 Å². The third kappa shape index (κ3) is 4.08. The summed E-state index contributed by atoms with van der Waals surface area (Å²) in [5.41, 5.74) is 0.732. The van der Waals surface area contributed by atoms with Gasteiger partial charge in [-0.05, 0) is 11.6 Å². The van der Waals surface area contributed by atoms with Crippen molar-refractivity contribution in [1.82, 2.24) is 5.06 Å². The summed E-state index contributed by atoms with van der Waals surface area (Å²) in [7, 11) is 1.61. The molecule has 6 heteroatoms. The molecule has 0 unspecified atom stereocenters. The lowest BCUT2D eigenvalue weighted by molar-refractivity contribution is -0.386. The van der Waals surface area contributed by atoms with Gasteiger partial charge < -0.3 is 0 Å². The molecule has 0 spiro atoms. The standard InChI is InChI=1S/C15H15FN2O3/c1-17(21-11-12-6-3-2-4-7-12)10-13-14(16)8-5-9-15(13)18(19)20/h2-9H,10-11H2,1H3. The molecule has 2 aromatic carbocycles. The maximum Gasteiger partial charge on any atom is 0.276 e. The van der Waals surface area contributed by atoms with Crippen LogP contribution in [-0.4, -0.2) is 17.0 Å². The predicted octanol–water partition coefficient (Wildman–Crippen LogP) is 3.30. The van der Waals surface area contributed by atoms with Crippen molar-refractivity contribution in [2.75, 3.05) is 7.05 Å². The molecule has 0 saturated carbocycles. The summed E-state index contributed by atoms with van der Waals surface area (Å²) in [4.78, 5) is 15.8. The molecule has 0 amide bonds. The first kappa shape index (κ1) is 15.1. The van der Waals surface area contributed by atoms with Gasteiger partial charge in [0.15, 0.2) is 0 Å². The average molecular weight is 290 g/mol. The lowest BCUT2D eigenvalue weighted by Gasteiger charge is -2.17. The molecule has 0 aliphatic rings. The molecular formula is C15H15FN2O3. The topological polar surface area (TPSA) is 55.6 Å². The van der Waals surface area contributed by atoms with Crippen LogP contribution in [0.2, 0.25) is 0 Å². The Labute approximate surface area is 121 Å². The van der Waals surface area contributed by atoms with Gasteiger partial charge >= 0.3 is 0 Å². The fraction of sp³-hybridized carbons (Fsp3) is 0.200. The van der Waals surface area contributed by atoms with Crippen LogP contribution in [0.3, 0.4) is 0 Å². The molecule has 0 bridgehead atoms. The summed E-state index contributed by atoms with van der Waals surface area (Å²) < 4.78 is 13.7. The Morgan fingerprint density at radius 1 is 1.19 bits per heavy atom. The molecule has 0 fully saturated rings. The van der Waals surface area contributed by atoms with Gasteiger partial charge in [-0.15, -0.1) is 0 Å². The number of nitro benzene ring substituents is 1. The highest BCUT2D eigenvalue weighted by atomic mass is 19.1. The number of halogens is 1. The van der Waals surface area contributed by atoms with Gasteiger partial charge in [-0.2, -0.15) is 5.06 Å². The van der Waals surface area contributed by atoms with Gasteiger partial charge in [-0.1, -0.05) is 36.4 Å². The number of benzene rings is 2. The van der Waals surface area contributed by atoms with Gasteiger partial charge in [0.1, 0.15) is 5.82 Å². The summed E-state index contributed by atoms with van der Waals surface area (Å²) in [5, 5.41) is 12.3. The van der Waals surface area contributed by atoms with Crippen LogP contribution in [0, 0.1) is 15.9 Å². The zero-order chi connectivity index (χ0) is 15.2. The summed E-state index contributed by atoms with van der Waals surface area (Å²) in [6.07, 6.45) is 0. The van der Waals surface area contributed by atoms with E-state index in [1.807, 2.05) is 30.3 Å². The van der Waals surface area contributed by atoms with Gasteiger partial charge in [0.05, 0.1) is 23.6 Å². The van der Waals surface area contributed by atoms with E-state index in [0.29, 0.717) is 6.61 Å². The Balaban J connectivity index is 2.03. The number of hydroxylamine groups is 2. The normalized spacial score (nSPS) is 10.8. The van der Waals surface area contributed by atoms with Crippen LogP contribution >= 0.6 is 0 Å². The molecule has 0 saturated heterocycles. The van der Waals surface area contributed by atoms with E-state index in [9.17, 15) is 14.5 Å². The first-order chi connectivity index (χ1) is 10.1. The lowest BCUT2D eigenvalue weighted by Crippen LogP contribution is -2.19. The van der Waals surface area contributed by atoms with Crippen molar-refractivity contribution in [3.63, 3.8) is 0 Å². The molecule has 0 aliphatic heterocycles. The van der Waals surface area contributed by atoms with E-state index in [1.54, 1.807) is 7.05 Å². The highest BCUT2D eigenvalue weighted by Gasteiger charge is 2.19. The van der Waals surface area contributed by atoms with Crippen molar-refractivity contribution in [2.24, 2.45) is 0 Å². The SMILES string of the molecule is CN(Cc1c(F)cccc1[N+](=O)[O-])OCc1ccccc1. The highest BCUT2D eigenvalue weighted by molar-refractivity contribution is 5.40. The maximum absolute atomic E-state index is 13.7. The minimum atomic E-state index is -0.612. The van der Waals surface area contributed by atoms with Crippen molar-refractivity contribution in [1.29, 1.82) is 0 Å². The Hall–Kier alpha value is -2.31. The van der Waals surface area contributed by atoms with Crippen molar-refractivity contribution in [3.05, 3.63) is 75.6 Å². The van der Waals surface area contributed by atoms with E-state index >= 15 is 0 Å². The number of nitrogens with zero attached hydrogens (tertiary/aromatic N) is 2. The van der Waals surface area contributed by atoms with Crippen LogP contribution in [0.5, 0.6) is 0 Å². The van der Waals surface area contributed by atoms with E-state index in [0.717, 1.165) is 5.56 Å². The Kier molecular flexibility index (Phi) is 4.97. The minimum Gasteiger partial charge on any atom is -0.294 e. The molecule has 110 valence electrons. The van der Waals surface area contributed by atoms with E-state index in [4.69, 9.17) is 4.84 Å². The second kappa shape index (κ2) is 6.92. The molecule has 0 N–H and O–H groups in total. The van der Waals surface area contributed by atoms with Gasteiger partial charge in [-0.3, -0.25) is 15.0 Å². The maximum atomic E-state index is 13.7. The molecule has 2 aromatic rings. The molecule has 0 atom stereocenters. The first-order valence-corrected chi connectivity index (χ1v) is 6.37. The second-order valence-corrected chi connectivity index (χ2v) is 4.54. The Bertz CT molecular complexity index is 620. The van der Waals surface area contributed by atoms with E-state index in [-0.39, 0.29) is 17.8 Å². The average Bonchev–Trinajstić information content (AvgIpc) is 2.48.